The Bertz CT molecular complexity index is 235. The van der Waals surface area contributed by atoms with Gasteiger partial charge in [-0.05, 0) is 18.8 Å². The van der Waals surface area contributed by atoms with E-state index in [0.717, 1.165) is 25.9 Å². The number of likely N-dealkylation sites (tertiary alicyclic amines) is 1. The third-order valence-corrected chi connectivity index (χ3v) is 2.69. The fraction of sp³-hybridized carbons (Fsp3) is 0.800. The zero-order valence-electron chi connectivity index (χ0n) is 9.28. The maximum atomic E-state index is 11.2. The molecule has 1 heterocycles. The highest BCUT2D eigenvalue weighted by Gasteiger charge is 2.22. The fourth-order valence-electron chi connectivity index (χ4n) is 1.74. The summed E-state index contributed by atoms with van der Waals surface area (Å²) < 4.78 is 4.64. The number of carbonyl (C=O) groups is 2. The second-order valence-electron chi connectivity index (χ2n) is 3.84. The Morgan fingerprint density at radius 1 is 1.40 bits per heavy atom. The van der Waals surface area contributed by atoms with E-state index < -0.39 is 0 Å². The van der Waals surface area contributed by atoms with Crippen molar-refractivity contribution in [2.45, 2.75) is 19.8 Å². The monoisotopic (exact) mass is 214 g/mol. The summed E-state index contributed by atoms with van der Waals surface area (Å²) in [5.41, 5.74) is 0. The first kappa shape index (κ1) is 11.8. The van der Waals surface area contributed by atoms with Crippen LogP contribution in [0.5, 0.6) is 0 Å². The van der Waals surface area contributed by atoms with Crippen molar-refractivity contribution in [3.8, 4) is 0 Å². The molecular weight excluding hydrogens is 196 g/mol. The van der Waals surface area contributed by atoms with E-state index in [-0.39, 0.29) is 12.0 Å². The molecule has 1 aliphatic heterocycles. The van der Waals surface area contributed by atoms with Crippen LogP contribution in [0, 0.1) is 5.92 Å². The number of nitrogens with one attached hydrogen (secondary N) is 1. The van der Waals surface area contributed by atoms with Crippen LogP contribution in [0.1, 0.15) is 19.8 Å². The van der Waals surface area contributed by atoms with Crippen LogP contribution in [0.4, 0.5) is 4.79 Å². The number of hydrogen-bond donors (Lipinski definition) is 1. The predicted molar refractivity (Wildman–Crippen MR) is 55.4 cm³/mol. The molecular formula is C10H18N2O3. The van der Waals surface area contributed by atoms with Gasteiger partial charge in [0.1, 0.15) is 0 Å². The summed E-state index contributed by atoms with van der Waals surface area (Å²) in [4.78, 5) is 23.6. The zero-order valence-corrected chi connectivity index (χ0v) is 9.28. The van der Waals surface area contributed by atoms with E-state index in [1.54, 1.807) is 4.90 Å². The molecule has 86 valence electrons. The van der Waals surface area contributed by atoms with Crippen LogP contribution in [-0.4, -0.2) is 43.6 Å². The van der Waals surface area contributed by atoms with Crippen LogP contribution < -0.4 is 5.32 Å². The van der Waals surface area contributed by atoms with Crippen molar-refractivity contribution in [3.63, 3.8) is 0 Å². The lowest BCUT2D eigenvalue weighted by Crippen LogP contribution is -2.41. The predicted octanol–water partition coefficient (Wildman–Crippen LogP) is 0.601. The van der Waals surface area contributed by atoms with E-state index in [1.165, 1.54) is 14.0 Å². The number of carbonyl (C=O) groups excluding carboxylic acids is 2. The van der Waals surface area contributed by atoms with Gasteiger partial charge in [-0.25, -0.2) is 4.79 Å². The van der Waals surface area contributed by atoms with Crippen LogP contribution in [0.25, 0.3) is 0 Å². The van der Waals surface area contributed by atoms with Crippen LogP contribution in [-0.2, 0) is 9.53 Å². The number of piperidine rings is 1. The van der Waals surface area contributed by atoms with Gasteiger partial charge in [0, 0.05) is 26.6 Å². The molecule has 0 spiro atoms. The summed E-state index contributed by atoms with van der Waals surface area (Å²) in [6.07, 6.45) is 1.60. The molecule has 0 aromatic rings. The van der Waals surface area contributed by atoms with Crippen molar-refractivity contribution in [2.24, 2.45) is 5.92 Å². The molecule has 0 atom stereocenters. The minimum Gasteiger partial charge on any atom is -0.453 e. The van der Waals surface area contributed by atoms with Crippen molar-refractivity contribution in [1.29, 1.82) is 0 Å². The molecule has 2 amide bonds. The summed E-state index contributed by atoms with van der Waals surface area (Å²) in [6.45, 7) is 3.67. The van der Waals surface area contributed by atoms with Gasteiger partial charge in [0.25, 0.3) is 0 Å². The molecule has 1 N–H and O–H groups in total. The van der Waals surface area contributed by atoms with Crippen LogP contribution in [0.2, 0.25) is 0 Å². The number of hydrogen-bond acceptors (Lipinski definition) is 3. The molecule has 5 heteroatoms. The Kier molecular flexibility index (Phi) is 4.39. The lowest BCUT2D eigenvalue weighted by molar-refractivity contribution is -0.119. The first-order chi connectivity index (χ1) is 7.13. The van der Waals surface area contributed by atoms with Crippen LogP contribution in [0.15, 0.2) is 0 Å². The molecule has 0 bridgehead atoms. The van der Waals surface area contributed by atoms with Gasteiger partial charge >= 0.3 is 6.09 Å². The Labute approximate surface area is 89.8 Å². The molecule has 1 aliphatic rings. The summed E-state index contributed by atoms with van der Waals surface area (Å²) in [7, 11) is 1.39. The van der Waals surface area contributed by atoms with Gasteiger partial charge in [-0.15, -0.1) is 0 Å². The van der Waals surface area contributed by atoms with E-state index in [9.17, 15) is 9.59 Å². The minimum absolute atomic E-state index is 0.00500. The van der Waals surface area contributed by atoms with E-state index in [2.05, 4.69) is 10.1 Å². The topological polar surface area (TPSA) is 58.6 Å². The number of methoxy groups -OCH3 is 1. The minimum atomic E-state index is -0.257. The molecule has 0 aromatic carbocycles. The van der Waals surface area contributed by atoms with Crippen molar-refractivity contribution in [3.05, 3.63) is 0 Å². The van der Waals surface area contributed by atoms with Gasteiger partial charge in [-0.1, -0.05) is 0 Å². The Morgan fingerprint density at radius 3 is 2.47 bits per heavy atom. The third-order valence-electron chi connectivity index (χ3n) is 2.69. The molecule has 1 saturated heterocycles. The van der Waals surface area contributed by atoms with Gasteiger partial charge in [0.15, 0.2) is 0 Å². The SMILES string of the molecule is COC(=O)N1CCC(CNC(C)=O)CC1. The molecule has 0 saturated carbocycles. The van der Waals surface area contributed by atoms with Crippen molar-refractivity contribution < 1.29 is 14.3 Å². The molecule has 15 heavy (non-hydrogen) atoms. The highest BCUT2D eigenvalue weighted by atomic mass is 16.5. The van der Waals surface area contributed by atoms with Crippen LogP contribution in [0.3, 0.4) is 0 Å². The zero-order chi connectivity index (χ0) is 11.3. The average Bonchev–Trinajstić information content (AvgIpc) is 2.26. The molecule has 0 unspecified atom stereocenters. The van der Waals surface area contributed by atoms with E-state index >= 15 is 0 Å². The quantitative estimate of drug-likeness (QED) is 0.732. The van der Waals surface area contributed by atoms with Crippen molar-refractivity contribution in [1.82, 2.24) is 10.2 Å². The summed E-state index contributed by atoms with van der Waals surface area (Å²) in [5, 5.41) is 2.80. The second kappa shape index (κ2) is 5.58. The number of amides is 2. The van der Waals surface area contributed by atoms with Gasteiger partial charge in [-0.3, -0.25) is 4.79 Å². The molecule has 1 fully saturated rings. The van der Waals surface area contributed by atoms with Gasteiger partial charge in [0.05, 0.1) is 7.11 Å². The van der Waals surface area contributed by atoms with E-state index in [1.807, 2.05) is 0 Å². The Morgan fingerprint density at radius 2 is 2.00 bits per heavy atom. The summed E-state index contributed by atoms with van der Waals surface area (Å²) in [6, 6.07) is 0. The van der Waals surface area contributed by atoms with Crippen LogP contribution >= 0.6 is 0 Å². The third kappa shape index (κ3) is 3.77. The lowest BCUT2D eigenvalue weighted by Gasteiger charge is -2.30. The lowest BCUT2D eigenvalue weighted by atomic mass is 9.97. The number of rotatable bonds is 2. The van der Waals surface area contributed by atoms with Crippen molar-refractivity contribution in [2.75, 3.05) is 26.7 Å². The Balaban J connectivity index is 2.23. The number of nitrogens with zero attached hydrogens (tertiary/aromatic N) is 1. The smallest absolute Gasteiger partial charge is 0.409 e. The summed E-state index contributed by atoms with van der Waals surface area (Å²) >= 11 is 0. The standard InChI is InChI=1S/C10H18N2O3/c1-8(13)11-7-9-3-5-12(6-4-9)10(14)15-2/h9H,3-7H2,1-2H3,(H,11,13). The highest BCUT2D eigenvalue weighted by Crippen LogP contribution is 2.16. The first-order valence-corrected chi connectivity index (χ1v) is 5.20. The van der Waals surface area contributed by atoms with Gasteiger partial charge < -0.3 is 15.0 Å². The maximum absolute atomic E-state index is 11.2. The van der Waals surface area contributed by atoms with Gasteiger partial charge in [-0.2, -0.15) is 0 Å². The van der Waals surface area contributed by atoms with E-state index in [0.29, 0.717) is 12.5 Å². The normalized spacial score (nSPS) is 17.3. The fourth-order valence-corrected chi connectivity index (χ4v) is 1.74. The largest absolute Gasteiger partial charge is 0.453 e. The second-order valence-corrected chi connectivity index (χ2v) is 3.84. The first-order valence-electron chi connectivity index (χ1n) is 5.20. The molecule has 0 radical (unpaired) electrons. The molecule has 0 aromatic heterocycles. The number of ether oxygens (including phenoxy) is 1. The maximum Gasteiger partial charge on any atom is 0.409 e. The molecule has 1 rings (SSSR count). The Hall–Kier alpha value is -1.26. The molecule has 0 aliphatic carbocycles. The van der Waals surface area contributed by atoms with E-state index in [4.69, 9.17) is 0 Å². The average molecular weight is 214 g/mol. The van der Waals surface area contributed by atoms with Gasteiger partial charge in [0.2, 0.25) is 5.91 Å². The summed E-state index contributed by atoms with van der Waals surface area (Å²) in [5.74, 6) is 0.486. The molecule has 5 nitrogen and oxygen atoms in total. The highest BCUT2D eigenvalue weighted by molar-refractivity contribution is 5.72. The van der Waals surface area contributed by atoms with Crippen molar-refractivity contribution >= 4 is 12.0 Å².